The minimum atomic E-state index is -0.555. The van der Waals surface area contributed by atoms with E-state index in [2.05, 4.69) is 10.1 Å². The van der Waals surface area contributed by atoms with E-state index in [1.165, 1.54) is 7.11 Å². The molecule has 0 radical (unpaired) electrons. The van der Waals surface area contributed by atoms with Crippen LogP contribution in [0.3, 0.4) is 0 Å². The Bertz CT molecular complexity index is 1190. The number of hydrogen-bond acceptors (Lipinski definition) is 8. The van der Waals surface area contributed by atoms with Crippen LogP contribution >= 0.6 is 11.8 Å². The van der Waals surface area contributed by atoms with E-state index in [0.717, 1.165) is 27.8 Å². The summed E-state index contributed by atoms with van der Waals surface area (Å²) in [6, 6.07) is 10.5. The van der Waals surface area contributed by atoms with Crippen molar-refractivity contribution in [3.05, 3.63) is 58.0 Å². The number of esters is 1. The number of nitrogens with zero attached hydrogens (tertiary/aromatic N) is 1. The van der Waals surface area contributed by atoms with Gasteiger partial charge in [0.2, 0.25) is 5.91 Å². The van der Waals surface area contributed by atoms with E-state index in [1.54, 1.807) is 31.2 Å². The van der Waals surface area contributed by atoms with Gasteiger partial charge in [0, 0.05) is 5.69 Å². The lowest BCUT2D eigenvalue weighted by atomic mass is 10.1. The van der Waals surface area contributed by atoms with Crippen LogP contribution in [-0.4, -0.2) is 54.8 Å². The van der Waals surface area contributed by atoms with Crippen molar-refractivity contribution in [3.63, 3.8) is 0 Å². The van der Waals surface area contributed by atoms with Gasteiger partial charge in [0.05, 0.1) is 18.6 Å². The van der Waals surface area contributed by atoms with Crippen LogP contribution in [0, 0.1) is 13.8 Å². The highest BCUT2D eigenvalue weighted by Crippen LogP contribution is 2.34. The first kappa shape index (κ1) is 25.8. The van der Waals surface area contributed by atoms with Crippen LogP contribution in [0.4, 0.5) is 10.5 Å². The Hall–Kier alpha value is -3.79. The van der Waals surface area contributed by atoms with Crippen molar-refractivity contribution >= 4 is 46.5 Å². The molecular formula is C25H26N2O7S. The van der Waals surface area contributed by atoms with Crippen LogP contribution in [0.2, 0.25) is 0 Å². The van der Waals surface area contributed by atoms with Crippen molar-refractivity contribution in [1.29, 1.82) is 0 Å². The molecule has 2 aromatic carbocycles. The van der Waals surface area contributed by atoms with Crippen LogP contribution < -0.4 is 14.8 Å². The predicted molar refractivity (Wildman–Crippen MR) is 132 cm³/mol. The van der Waals surface area contributed by atoms with Gasteiger partial charge in [-0.05, 0) is 73.5 Å². The number of methoxy groups -OCH3 is 1. The summed E-state index contributed by atoms with van der Waals surface area (Å²) >= 11 is 0.756. The zero-order valence-corrected chi connectivity index (χ0v) is 20.7. The summed E-state index contributed by atoms with van der Waals surface area (Å²) in [6.07, 6.45) is 1.54. The molecule has 1 heterocycles. The van der Waals surface area contributed by atoms with Crippen LogP contribution in [0.15, 0.2) is 41.3 Å². The van der Waals surface area contributed by atoms with Gasteiger partial charge in [0.1, 0.15) is 6.54 Å². The molecule has 0 aromatic heterocycles. The Morgan fingerprint density at radius 3 is 2.54 bits per heavy atom. The Kier molecular flexibility index (Phi) is 8.53. The lowest BCUT2D eigenvalue weighted by molar-refractivity contribution is -0.143. The van der Waals surface area contributed by atoms with Gasteiger partial charge in [-0.2, -0.15) is 0 Å². The van der Waals surface area contributed by atoms with Gasteiger partial charge < -0.3 is 19.5 Å². The Labute approximate surface area is 207 Å². The molecule has 0 atom stereocenters. The molecule has 0 saturated carbocycles. The van der Waals surface area contributed by atoms with Gasteiger partial charge in [-0.3, -0.25) is 19.3 Å². The second kappa shape index (κ2) is 11.6. The van der Waals surface area contributed by atoms with E-state index in [9.17, 15) is 19.2 Å². The van der Waals surface area contributed by atoms with Gasteiger partial charge in [0.15, 0.2) is 18.1 Å². The summed E-state index contributed by atoms with van der Waals surface area (Å²) in [6.45, 7) is 5.25. The molecule has 3 rings (SSSR count). The van der Waals surface area contributed by atoms with Crippen LogP contribution in [0.1, 0.15) is 23.6 Å². The molecule has 9 nitrogen and oxygen atoms in total. The molecule has 1 aliphatic heterocycles. The second-order valence-electron chi connectivity index (χ2n) is 7.64. The minimum Gasteiger partial charge on any atom is -0.490 e. The van der Waals surface area contributed by atoms with Gasteiger partial charge >= 0.3 is 5.97 Å². The number of carbonyl (C=O) groups is 4. The fourth-order valence-corrected chi connectivity index (χ4v) is 4.03. The number of rotatable bonds is 9. The number of aryl methyl sites for hydroxylation is 2. The van der Waals surface area contributed by atoms with E-state index in [-0.39, 0.29) is 18.1 Å². The van der Waals surface area contributed by atoms with Crippen LogP contribution in [0.25, 0.3) is 6.08 Å². The molecule has 184 valence electrons. The summed E-state index contributed by atoms with van der Waals surface area (Å²) in [5.74, 6) is -0.845. The normalized spacial score (nSPS) is 14.3. The average Bonchev–Trinajstić information content (AvgIpc) is 3.08. The molecule has 0 spiro atoms. The van der Waals surface area contributed by atoms with Crippen molar-refractivity contribution in [2.45, 2.75) is 20.8 Å². The molecule has 1 N–H and O–H groups in total. The third-order valence-corrected chi connectivity index (χ3v) is 5.89. The summed E-state index contributed by atoms with van der Waals surface area (Å²) < 4.78 is 15.6. The molecule has 35 heavy (non-hydrogen) atoms. The molecule has 2 aromatic rings. The van der Waals surface area contributed by atoms with E-state index in [0.29, 0.717) is 29.4 Å². The molecule has 1 aliphatic rings. The highest BCUT2D eigenvalue weighted by atomic mass is 32.2. The number of imide groups is 1. The highest BCUT2D eigenvalue weighted by molar-refractivity contribution is 8.18. The first-order valence-corrected chi connectivity index (χ1v) is 11.6. The van der Waals surface area contributed by atoms with E-state index >= 15 is 0 Å². The minimum absolute atomic E-state index is 0.181. The Morgan fingerprint density at radius 1 is 1.06 bits per heavy atom. The zero-order valence-electron chi connectivity index (χ0n) is 19.9. The van der Waals surface area contributed by atoms with Gasteiger partial charge in [0.25, 0.3) is 11.1 Å². The van der Waals surface area contributed by atoms with Crippen molar-refractivity contribution < 1.29 is 33.4 Å². The number of thioether (sulfide) groups is 1. The van der Waals surface area contributed by atoms with Gasteiger partial charge in [-0.25, -0.2) is 4.79 Å². The van der Waals surface area contributed by atoms with Gasteiger partial charge in [-0.1, -0.05) is 18.2 Å². The third-order valence-electron chi connectivity index (χ3n) is 4.98. The quantitative estimate of drug-likeness (QED) is 0.409. The van der Waals surface area contributed by atoms with Crippen molar-refractivity contribution in [3.8, 4) is 11.5 Å². The highest BCUT2D eigenvalue weighted by Gasteiger charge is 2.36. The van der Waals surface area contributed by atoms with Crippen molar-refractivity contribution in [2.75, 3.05) is 32.2 Å². The number of benzene rings is 2. The Balaban J connectivity index is 1.72. The predicted octanol–water partition coefficient (Wildman–Crippen LogP) is 3.93. The van der Waals surface area contributed by atoms with E-state index in [4.69, 9.17) is 9.47 Å². The maximum absolute atomic E-state index is 12.8. The fourth-order valence-electron chi connectivity index (χ4n) is 3.19. The Morgan fingerprint density at radius 2 is 1.83 bits per heavy atom. The van der Waals surface area contributed by atoms with Crippen LogP contribution in [-0.2, 0) is 19.1 Å². The lowest BCUT2D eigenvalue weighted by Crippen LogP contribution is -2.36. The molecule has 0 bridgehead atoms. The number of amides is 3. The first-order chi connectivity index (χ1) is 16.7. The molecular weight excluding hydrogens is 472 g/mol. The standard InChI is InChI=1S/C25H26N2O7S/c1-5-33-20-11-17(8-9-19(20)34-14-23(29)32-4)12-21-24(30)27(25(31)35-21)13-22(28)26-18-10-15(2)6-7-16(18)3/h6-12H,5,13-14H2,1-4H3,(H,26,28)/b21-12+. The summed E-state index contributed by atoms with van der Waals surface area (Å²) in [7, 11) is 1.26. The zero-order chi connectivity index (χ0) is 25.5. The molecule has 1 saturated heterocycles. The van der Waals surface area contributed by atoms with Crippen LogP contribution in [0.5, 0.6) is 11.5 Å². The molecule has 10 heteroatoms. The fraction of sp³-hybridized carbons (Fsp3) is 0.280. The molecule has 3 amide bonds. The molecule has 0 unspecified atom stereocenters. The maximum Gasteiger partial charge on any atom is 0.343 e. The average molecular weight is 499 g/mol. The maximum atomic E-state index is 12.8. The third kappa shape index (κ3) is 6.63. The topological polar surface area (TPSA) is 111 Å². The van der Waals surface area contributed by atoms with E-state index in [1.807, 2.05) is 32.0 Å². The van der Waals surface area contributed by atoms with Crippen molar-refractivity contribution in [2.24, 2.45) is 0 Å². The number of nitrogens with one attached hydrogen (secondary N) is 1. The lowest BCUT2D eigenvalue weighted by Gasteiger charge is -2.14. The van der Waals surface area contributed by atoms with Gasteiger partial charge in [-0.15, -0.1) is 0 Å². The largest absolute Gasteiger partial charge is 0.490 e. The summed E-state index contributed by atoms with van der Waals surface area (Å²) in [4.78, 5) is 50.3. The SMILES string of the molecule is CCOc1cc(/C=C2/SC(=O)N(CC(=O)Nc3cc(C)ccc3C)C2=O)ccc1OCC(=O)OC. The number of ether oxygens (including phenoxy) is 3. The van der Waals surface area contributed by atoms with E-state index < -0.39 is 23.0 Å². The number of hydrogen-bond donors (Lipinski definition) is 1. The van der Waals surface area contributed by atoms with Crippen molar-refractivity contribution in [1.82, 2.24) is 4.90 Å². The monoisotopic (exact) mass is 498 g/mol. The number of carbonyl (C=O) groups excluding carboxylic acids is 4. The summed E-state index contributed by atoms with van der Waals surface area (Å²) in [5, 5.41) is 2.23. The smallest absolute Gasteiger partial charge is 0.343 e. The summed E-state index contributed by atoms with van der Waals surface area (Å²) in [5.41, 5.74) is 3.08. The molecule has 1 fully saturated rings. The molecule has 0 aliphatic carbocycles. The first-order valence-electron chi connectivity index (χ1n) is 10.8. The second-order valence-corrected chi connectivity index (χ2v) is 8.63. The number of anilines is 1.